The molecule has 22 heteroatoms. The second-order valence-electron chi connectivity index (χ2n) is 18.6. The minimum Gasteiger partial charge on any atom is -0.376 e. The van der Waals surface area contributed by atoms with Crippen molar-refractivity contribution in [2.45, 2.75) is 133 Å². The monoisotopic (exact) mass is 1070 g/mol. The van der Waals surface area contributed by atoms with E-state index in [-0.39, 0.29) is 65.3 Å². The quantitative estimate of drug-likeness (QED) is 0.0531. The maximum atomic E-state index is 14.3. The van der Waals surface area contributed by atoms with Crippen LogP contribution in [0.15, 0.2) is 60.7 Å². The second-order valence-corrected chi connectivity index (χ2v) is 18.6. The van der Waals surface area contributed by atoms with E-state index in [2.05, 4.69) is 50.9 Å². The van der Waals surface area contributed by atoms with Crippen molar-refractivity contribution < 1.29 is 64.9 Å². The lowest BCUT2D eigenvalue weighted by atomic mass is 10.1. The van der Waals surface area contributed by atoms with Crippen LogP contribution in [0.5, 0.6) is 0 Å². The fourth-order valence-corrected chi connectivity index (χ4v) is 8.94. The van der Waals surface area contributed by atoms with Crippen LogP contribution in [0, 0.1) is 36.0 Å². The first-order valence-electron chi connectivity index (χ1n) is 25.3. The molecule has 1 unspecified atom stereocenters. The summed E-state index contributed by atoms with van der Waals surface area (Å²) in [5.74, 6) is 7.19. The number of aliphatic hydroxyl groups is 1. The highest BCUT2D eigenvalue weighted by Gasteiger charge is 2.46. The second kappa shape index (κ2) is 30.5. The summed E-state index contributed by atoms with van der Waals surface area (Å²) in [6.45, 7) is 3.23. The van der Waals surface area contributed by atoms with Gasteiger partial charge in [0.2, 0.25) is 17.7 Å². The van der Waals surface area contributed by atoms with E-state index in [1.54, 1.807) is 44.3 Å². The van der Waals surface area contributed by atoms with Crippen molar-refractivity contribution in [1.29, 1.82) is 0 Å². The summed E-state index contributed by atoms with van der Waals surface area (Å²) < 4.78 is 94.7. The summed E-state index contributed by atoms with van der Waals surface area (Å²) in [6, 6.07) is 12.0. The van der Waals surface area contributed by atoms with E-state index in [0.717, 1.165) is 16.0 Å². The van der Waals surface area contributed by atoms with Crippen molar-refractivity contribution in [2.75, 3.05) is 66.6 Å². The molecule has 2 fully saturated rings. The first kappa shape index (κ1) is 62.4. The van der Waals surface area contributed by atoms with Gasteiger partial charge in [-0.05, 0) is 103 Å². The number of aryl methyl sites for hydroxylation is 1. The van der Waals surface area contributed by atoms with Crippen molar-refractivity contribution in [3.05, 3.63) is 71.8 Å². The number of carbonyl (C=O) groups is 5. The van der Waals surface area contributed by atoms with Crippen molar-refractivity contribution >= 4 is 29.5 Å². The molecular formula is C54H70F6N8O8. The van der Waals surface area contributed by atoms with Crippen molar-refractivity contribution in [3.8, 4) is 36.0 Å². The van der Waals surface area contributed by atoms with Gasteiger partial charge in [-0.2, -0.15) is 26.3 Å². The number of amides is 5. The van der Waals surface area contributed by atoms with Crippen LogP contribution in [0.1, 0.15) is 64.0 Å². The number of likely N-dealkylation sites (N-methyl/N-ethyl adjacent to an activating group) is 2. The molecule has 0 aromatic heterocycles. The Morgan fingerprint density at radius 2 is 1.17 bits per heavy atom. The Morgan fingerprint density at radius 3 is 1.63 bits per heavy atom. The third kappa shape index (κ3) is 19.1. The largest absolute Gasteiger partial charge is 0.471 e. The van der Waals surface area contributed by atoms with E-state index in [1.165, 1.54) is 30.7 Å². The molecule has 5 amide bonds. The lowest BCUT2D eigenvalue weighted by Gasteiger charge is -2.36. The number of halogens is 6. The smallest absolute Gasteiger partial charge is 0.376 e. The van der Waals surface area contributed by atoms with E-state index in [4.69, 9.17) is 15.9 Å². The van der Waals surface area contributed by atoms with Gasteiger partial charge in [0.25, 0.3) is 0 Å². The number of hydrogen-bond donors (Lipinski definition) is 5. The molecule has 4 rings (SSSR count). The number of carbonyl (C=O) groups excluding carboxylic acids is 5. The number of likely N-dealkylation sites (tertiary alicyclic amines) is 2. The molecular weight excluding hydrogens is 1000 g/mol. The van der Waals surface area contributed by atoms with E-state index in [1.807, 2.05) is 30.3 Å². The number of terminal acetylenes is 1. The summed E-state index contributed by atoms with van der Waals surface area (Å²) in [7, 11) is 3.05. The van der Waals surface area contributed by atoms with E-state index >= 15 is 0 Å². The molecule has 0 bridgehead atoms. The number of hydrogen-bond acceptors (Lipinski definition) is 11. The van der Waals surface area contributed by atoms with Gasteiger partial charge in [-0.3, -0.25) is 29.3 Å². The van der Waals surface area contributed by atoms with Gasteiger partial charge in [0.05, 0.1) is 18.2 Å². The number of ether oxygens (including phenoxy) is 2. The number of aliphatic hydroxyl groups excluding tert-OH is 1. The molecule has 2 saturated heterocycles. The lowest BCUT2D eigenvalue weighted by molar-refractivity contribution is -0.186. The molecule has 76 heavy (non-hydrogen) atoms. The van der Waals surface area contributed by atoms with Crippen LogP contribution in [-0.2, 0) is 46.3 Å². The first-order chi connectivity index (χ1) is 36.1. The minimum absolute atomic E-state index is 0.157. The third-order valence-electron chi connectivity index (χ3n) is 13.3. The Morgan fingerprint density at radius 1 is 0.711 bits per heavy atom. The Hall–Kier alpha value is -6.19. The van der Waals surface area contributed by atoms with Gasteiger partial charge >= 0.3 is 24.2 Å². The molecule has 2 aliphatic heterocycles. The maximum Gasteiger partial charge on any atom is 0.471 e. The predicted octanol–water partition coefficient (Wildman–Crippen LogP) is 3.03. The van der Waals surface area contributed by atoms with Gasteiger partial charge in [0.1, 0.15) is 37.6 Å². The standard InChI is InChI=1S/C54H70F6N8O8/c1-7-44(62-6)48(70)64-46(50(72)67-30-19-26-42(67)35-65(51(73)53(55,56)57)29-18-25-40-21-12-10-13-22-40)39(4)76-34-17-9-8-16-33-75-38(3)45(63-47(69)37(2)61-5)49(71)68-31-20-27-43(68)36-66(52(74)54(58,59)60)32-28-41-23-14-11-15-24-41/h1,10-15,21-24,37-39,42-46,48,61-62,64,70H,18-20,25-36H2,2-6H3,(H,63,69)/t37-,38+,39+,42-,43-,44-,45-,46-,48?/m0/s1. The van der Waals surface area contributed by atoms with Crippen molar-refractivity contribution in [2.24, 2.45) is 0 Å². The molecule has 0 saturated carbocycles. The Kier molecular flexibility index (Phi) is 25.0. The highest BCUT2D eigenvalue weighted by atomic mass is 19.4. The summed E-state index contributed by atoms with van der Waals surface area (Å²) >= 11 is 0. The summed E-state index contributed by atoms with van der Waals surface area (Å²) in [5, 5.41) is 22.0. The molecule has 5 N–H and O–H groups in total. The van der Waals surface area contributed by atoms with Gasteiger partial charge in [-0.15, -0.1) is 6.42 Å². The van der Waals surface area contributed by atoms with Crippen LogP contribution in [-0.4, -0.2) is 188 Å². The zero-order valence-corrected chi connectivity index (χ0v) is 43.5. The molecule has 9 atom stereocenters. The molecule has 0 spiro atoms. The Labute approximate surface area is 441 Å². The molecule has 2 aromatic carbocycles. The SMILES string of the molecule is C#C[C@H](NC)C(O)N[C@H](C(=O)N1CCC[C@H]1CN(CCCc1ccccc1)C(=O)C(F)(F)F)[C@@H](C)OCC#CC#CCO[C@H](C)[C@H](NC(=O)[C@H](C)NC)C(=O)N1CCC[C@H]1CN(CCc1ccccc1)C(=O)C(F)(F)F. The van der Waals surface area contributed by atoms with Crippen LogP contribution in [0.2, 0.25) is 0 Å². The Bertz CT molecular complexity index is 2370. The number of alkyl halides is 6. The molecule has 16 nitrogen and oxygen atoms in total. The van der Waals surface area contributed by atoms with Crippen LogP contribution in [0.4, 0.5) is 26.3 Å². The third-order valence-corrected chi connectivity index (χ3v) is 13.3. The molecule has 0 aliphatic carbocycles. The fraction of sp³-hybridized carbons (Fsp3) is 0.574. The van der Waals surface area contributed by atoms with Gasteiger partial charge in [0.15, 0.2) is 0 Å². The predicted molar refractivity (Wildman–Crippen MR) is 271 cm³/mol. The van der Waals surface area contributed by atoms with Gasteiger partial charge in [-0.1, -0.05) is 78.4 Å². The number of benzene rings is 2. The normalized spacial score (nSPS) is 18.3. The van der Waals surface area contributed by atoms with Crippen LogP contribution < -0.4 is 21.3 Å². The van der Waals surface area contributed by atoms with Crippen LogP contribution in [0.3, 0.4) is 0 Å². The minimum atomic E-state index is -5.14. The lowest BCUT2D eigenvalue weighted by Crippen LogP contribution is -2.60. The van der Waals surface area contributed by atoms with Crippen molar-refractivity contribution in [1.82, 2.24) is 40.9 Å². The summed E-state index contributed by atoms with van der Waals surface area (Å²) in [4.78, 5) is 71.1. The maximum absolute atomic E-state index is 14.3. The zero-order chi connectivity index (χ0) is 56.0. The molecule has 2 heterocycles. The Balaban J connectivity index is 1.42. The summed E-state index contributed by atoms with van der Waals surface area (Å²) in [6.07, 6.45) is -5.80. The highest BCUT2D eigenvalue weighted by Crippen LogP contribution is 2.27. The van der Waals surface area contributed by atoms with E-state index in [9.17, 15) is 55.4 Å². The first-order valence-corrected chi connectivity index (χ1v) is 25.3. The highest BCUT2D eigenvalue weighted by molar-refractivity contribution is 5.90. The molecule has 2 aromatic rings. The van der Waals surface area contributed by atoms with Gasteiger partial charge in [-0.25, -0.2) is 0 Å². The number of nitrogens with one attached hydrogen (secondary N) is 4. The topological polar surface area (TPSA) is 185 Å². The summed E-state index contributed by atoms with van der Waals surface area (Å²) in [5.41, 5.74) is 1.63. The van der Waals surface area contributed by atoms with Crippen LogP contribution >= 0.6 is 0 Å². The molecule has 2 aliphatic rings. The fourth-order valence-electron chi connectivity index (χ4n) is 8.94. The average molecular weight is 1070 g/mol. The van der Waals surface area contributed by atoms with Gasteiger partial charge < -0.3 is 50.1 Å². The van der Waals surface area contributed by atoms with Gasteiger partial charge in [0, 0.05) is 51.4 Å². The number of nitrogens with zero attached hydrogens (tertiary/aromatic N) is 4. The average Bonchev–Trinajstić information content (AvgIpc) is 4.08. The van der Waals surface area contributed by atoms with Crippen LogP contribution in [0.25, 0.3) is 0 Å². The zero-order valence-electron chi connectivity index (χ0n) is 43.5. The van der Waals surface area contributed by atoms with E-state index in [0.29, 0.717) is 37.0 Å². The van der Waals surface area contributed by atoms with E-state index < -0.39 is 96.6 Å². The number of rotatable bonds is 26. The molecule has 416 valence electrons. The van der Waals surface area contributed by atoms with Crippen molar-refractivity contribution in [3.63, 3.8) is 0 Å². The molecule has 0 radical (unpaired) electrons.